The topological polar surface area (TPSA) is 102 Å². The zero-order valence-electron chi connectivity index (χ0n) is 17.1. The molecule has 0 radical (unpaired) electrons. The predicted molar refractivity (Wildman–Crippen MR) is 121 cm³/mol. The molecule has 3 aromatic rings. The molecular formula is C22H24BrN5O3. The maximum absolute atomic E-state index is 12.7. The number of carbonyl (C=O) groups is 2. The second-order valence-electron chi connectivity index (χ2n) is 7.65. The fraction of sp³-hybridized carbons (Fsp3) is 0.318. The molecule has 3 heterocycles. The number of primary amides is 1. The Bertz CT molecular complexity index is 1100. The number of anilines is 1. The lowest BCUT2D eigenvalue weighted by atomic mass is 10.00. The molecule has 1 aromatic carbocycles. The van der Waals surface area contributed by atoms with Crippen molar-refractivity contribution >= 4 is 39.1 Å². The molecule has 1 aliphatic heterocycles. The van der Waals surface area contributed by atoms with Crippen LogP contribution in [0.2, 0.25) is 0 Å². The van der Waals surface area contributed by atoms with Gasteiger partial charge in [-0.1, -0.05) is 37.3 Å². The molecule has 2 aromatic heterocycles. The number of carbonyl (C=O) groups excluding carboxylic acids is 2. The second-order valence-corrected chi connectivity index (χ2v) is 8.57. The average Bonchev–Trinajstić information content (AvgIpc) is 3.35. The first-order valence-corrected chi connectivity index (χ1v) is 10.9. The van der Waals surface area contributed by atoms with Gasteiger partial charge in [-0.15, -0.1) is 0 Å². The van der Waals surface area contributed by atoms with Gasteiger partial charge in [-0.2, -0.15) is 5.10 Å². The van der Waals surface area contributed by atoms with E-state index in [9.17, 15) is 9.59 Å². The van der Waals surface area contributed by atoms with Crippen molar-refractivity contribution in [1.82, 2.24) is 14.5 Å². The van der Waals surface area contributed by atoms with Gasteiger partial charge in [0, 0.05) is 29.8 Å². The first-order valence-electron chi connectivity index (χ1n) is 10.1. The summed E-state index contributed by atoms with van der Waals surface area (Å²) in [7, 11) is 0. The minimum absolute atomic E-state index is 0.0488. The standard InChI is InChI=1S/C22H24BrN5O3/c1-2-15-10-27(22(30)31-13-14-6-4-3-5-7-14)12-18(15)26-20-17(21(24)29)9-25-28-11-16(23)8-19(20)28/h3-9,11,15,18,26H,2,10,12-13H2,1H3,(H2,24,29)/t15-,18+/m0/s1. The molecule has 4 rings (SSSR count). The second kappa shape index (κ2) is 8.97. The number of rotatable bonds is 6. The van der Waals surface area contributed by atoms with Crippen molar-refractivity contribution in [2.45, 2.75) is 26.0 Å². The highest BCUT2D eigenvalue weighted by Gasteiger charge is 2.36. The van der Waals surface area contributed by atoms with E-state index in [-0.39, 0.29) is 24.7 Å². The van der Waals surface area contributed by atoms with Crippen LogP contribution >= 0.6 is 15.9 Å². The molecule has 9 heteroatoms. The van der Waals surface area contributed by atoms with Gasteiger partial charge >= 0.3 is 6.09 Å². The van der Waals surface area contributed by atoms with Gasteiger partial charge in [0.15, 0.2) is 0 Å². The Hall–Kier alpha value is -3.07. The van der Waals surface area contributed by atoms with Crippen LogP contribution in [0.5, 0.6) is 0 Å². The van der Waals surface area contributed by atoms with E-state index in [1.54, 1.807) is 9.42 Å². The van der Waals surface area contributed by atoms with Gasteiger partial charge in [-0.05, 0) is 39.9 Å². The summed E-state index contributed by atoms with van der Waals surface area (Å²) in [5.74, 6) is -0.350. The van der Waals surface area contributed by atoms with Gasteiger partial charge in [0.2, 0.25) is 0 Å². The molecule has 31 heavy (non-hydrogen) atoms. The third kappa shape index (κ3) is 4.51. The van der Waals surface area contributed by atoms with E-state index in [2.05, 4.69) is 33.3 Å². The van der Waals surface area contributed by atoms with Crippen LogP contribution in [0.1, 0.15) is 29.3 Å². The molecule has 0 aliphatic carbocycles. The maximum Gasteiger partial charge on any atom is 0.410 e. The number of amides is 2. The number of ether oxygens (including phenoxy) is 1. The SMILES string of the molecule is CC[C@H]1CN(C(=O)OCc2ccccc2)C[C@H]1Nc1c(C(N)=O)cnn2cc(Br)cc12. The lowest BCUT2D eigenvalue weighted by molar-refractivity contribution is 0.0998. The van der Waals surface area contributed by atoms with E-state index in [0.29, 0.717) is 24.3 Å². The lowest BCUT2D eigenvalue weighted by Crippen LogP contribution is -2.33. The highest BCUT2D eigenvalue weighted by atomic mass is 79.9. The van der Waals surface area contributed by atoms with Crippen LogP contribution in [0.3, 0.4) is 0 Å². The van der Waals surface area contributed by atoms with Gasteiger partial charge in [0.25, 0.3) is 5.91 Å². The molecule has 3 N–H and O–H groups in total. The van der Waals surface area contributed by atoms with Crippen LogP contribution in [0.25, 0.3) is 5.52 Å². The molecule has 2 atom stereocenters. The predicted octanol–water partition coefficient (Wildman–Crippen LogP) is 3.65. The number of benzene rings is 1. The molecule has 1 fully saturated rings. The summed E-state index contributed by atoms with van der Waals surface area (Å²) in [5, 5.41) is 7.73. The van der Waals surface area contributed by atoms with Crippen LogP contribution < -0.4 is 11.1 Å². The first-order chi connectivity index (χ1) is 15.0. The Kier molecular flexibility index (Phi) is 6.13. The third-order valence-corrected chi connectivity index (χ3v) is 6.06. The van der Waals surface area contributed by atoms with Gasteiger partial charge < -0.3 is 20.7 Å². The first kappa shape index (κ1) is 21.2. The maximum atomic E-state index is 12.7. The van der Waals surface area contributed by atoms with E-state index in [4.69, 9.17) is 10.5 Å². The summed E-state index contributed by atoms with van der Waals surface area (Å²) in [6.45, 7) is 3.38. The Labute approximate surface area is 188 Å². The number of fused-ring (bicyclic) bond motifs is 1. The van der Waals surface area contributed by atoms with Crippen LogP contribution in [-0.2, 0) is 11.3 Å². The van der Waals surface area contributed by atoms with Crippen LogP contribution in [0.4, 0.5) is 10.5 Å². The summed E-state index contributed by atoms with van der Waals surface area (Å²) < 4.78 is 8.03. The molecule has 162 valence electrons. The fourth-order valence-corrected chi connectivity index (χ4v) is 4.37. The monoisotopic (exact) mass is 485 g/mol. The van der Waals surface area contributed by atoms with E-state index < -0.39 is 5.91 Å². The summed E-state index contributed by atoms with van der Waals surface area (Å²) in [5.41, 5.74) is 8.22. The zero-order valence-corrected chi connectivity index (χ0v) is 18.7. The van der Waals surface area contributed by atoms with Crippen molar-refractivity contribution in [3.05, 3.63) is 64.4 Å². The quantitative estimate of drug-likeness (QED) is 0.554. The molecule has 1 aliphatic rings. The van der Waals surface area contributed by atoms with Crippen molar-refractivity contribution in [2.75, 3.05) is 18.4 Å². The molecule has 0 spiro atoms. The number of halogens is 1. The molecule has 0 saturated carbocycles. The number of hydrogen-bond donors (Lipinski definition) is 2. The summed E-state index contributed by atoms with van der Waals surface area (Å²) >= 11 is 3.45. The summed E-state index contributed by atoms with van der Waals surface area (Å²) in [6.07, 6.45) is 3.81. The number of aromatic nitrogens is 2. The largest absolute Gasteiger partial charge is 0.445 e. The van der Waals surface area contributed by atoms with Crippen molar-refractivity contribution in [3.8, 4) is 0 Å². The smallest absolute Gasteiger partial charge is 0.410 e. The van der Waals surface area contributed by atoms with Crippen molar-refractivity contribution in [2.24, 2.45) is 11.7 Å². The van der Waals surface area contributed by atoms with Crippen LogP contribution in [-0.4, -0.2) is 45.6 Å². The van der Waals surface area contributed by atoms with E-state index in [1.165, 1.54) is 6.20 Å². The van der Waals surface area contributed by atoms with Gasteiger partial charge in [0.05, 0.1) is 23.0 Å². The lowest BCUT2D eigenvalue weighted by Gasteiger charge is -2.21. The Morgan fingerprint density at radius 3 is 2.77 bits per heavy atom. The Balaban J connectivity index is 1.51. The van der Waals surface area contributed by atoms with Gasteiger partial charge in [-0.25, -0.2) is 9.31 Å². The third-order valence-electron chi connectivity index (χ3n) is 5.63. The molecule has 0 unspecified atom stereocenters. The number of nitrogens with zero attached hydrogens (tertiary/aromatic N) is 3. The zero-order chi connectivity index (χ0) is 22.0. The fourth-order valence-electron chi connectivity index (χ4n) is 3.96. The minimum atomic E-state index is -0.556. The Morgan fingerprint density at radius 2 is 2.06 bits per heavy atom. The van der Waals surface area contributed by atoms with Crippen LogP contribution in [0.15, 0.2) is 53.3 Å². The normalized spacial score (nSPS) is 18.3. The Morgan fingerprint density at radius 1 is 1.29 bits per heavy atom. The van der Waals surface area contributed by atoms with E-state index >= 15 is 0 Å². The van der Waals surface area contributed by atoms with Crippen molar-refractivity contribution in [1.29, 1.82) is 0 Å². The summed E-state index contributed by atoms with van der Waals surface area (Å²) in [4.78, 5) is 26.4. The number of nitrogens with one attached hydrogen (secondary N) is 1. The molecule has 8 nitrogen and oxygen atoms in total. The molecule has 1 saturated heterocycles. The van der Waals surface area contributed by atoms with E-state index in [1.807, 2.05) is 42.6 Å². The molecule has 0 bridgehead atoms. The minimum Gasteiger partial charge on any atom is -0.445 e. The van der Waals surface area contributed by atoms with Crippen molar-refractivity contribution in [3.63, 3.8) is 0 Å². The van der Waals surface area contributed by atoms with Gasteiger partial charge in [-0.3, -0.25) is 4.79 Å². The number of nitrogens with two attached hydrogens (primary N) is 1. The average molecular weight is 486 g/mol. The van der Waals surface area contributed by atoms with Crippen LogP contribution in [0, 0.1) is 5.92 Å². The number of likely N-dealkylation sites (tertiary alicyclic amines) is 1. The summed E-state index contributed by atoms with van der Waals surface area (Å²) in [6, 6.07) is 11.4. The van der Waals surface area contributed by atoms with Crippen molar-refractivity contribution < 1.29 is 14.3 Å². The highest BCUT2D eigenvalue weighted by molar-refractivity contribution is 9.10. The highest BCUT2D eigenvalue weighted by Crippen LogP contribution is 2.30. The molecule has 2 amide bonds. The number of hydrogen-bond acceptors (Lipinski definition) is 5. The molecular weight excluding hydrogens is 462 g/mol. The van der Waals surface area contributed by atoms with Gasteiger partial charge in [0.1, 0.15) is 6.61 Å². The van der Waals surface area contributed by atoms with E-state index in [0.717, 1.165) is 22.0 Å².